The molecule has 0 heterocycles. The lowest BCUT2D eigenvalue weighted by molar-refractivity contribution is -0.167. The molecule has 1 unspecified atom stereocenters. The van der Waals surface area contributed by atoms with Gasteiger partial charge in [0.2, 0.25) is 0 Å². The summed E-state index contributed by atoms with van der Waals surface area (Å²) >= 11 is 0. The molecule has 0 radical (unpaired) electrons. The maximum absolute atomic E-state index is 12.8. The number of unbranched alkanes of at least 4 members (excludes halogenated alkanes) is 25. The van der Waals surface area contributed by atoms with E-state index in [2.05, 4.69) is 93.7 Å². The molecule has 0 saturated carbocycles. The standard InChI is InChI=1S/C58H100O6/c1-4-7-10-13-16-19-22-25-27-28-29-30-32-33-36-39-42-45-48-51-57(60)63-54-55(53-62-56(59)50-47-44-41-38-35-24-21-18-15-12-9-6-3)64-58(61)52-49-46-43-40-37-34-31-26-23-20-17-14-11-8-5-2/h7,10,16,18-21,23,25,27,29-30,55H,4-6,8-9,11-15,17,22,24,26,28,31-54H2,1-3H3/b10-7-,19-16-,21-18-,23-20-,27-25-,30-29-. The van der Waals surface area contributed by atoms with Gasteiger partial charge in [-0.25, -0.2) is 0 Å². The Morgan fingerprint density at radius 2 is 0.609 bits per heavy atom. The fourth-order valence-electron chi connectivity index (χ4n) is 7.36. The van der Waals surface area contributed by atoms with Gasteiger partial charge >= 0.3 is 17.9 Å². The number of hydrogen-bond acceptors (Lipinski definition) is 6. The molecule has 6 heteroatoms. The second-order valence-electron chi connectivity index (χ2n) is 17.7. The smallest absolute Gasteiger partial charge is 0.306 e. The van der Waals surface area contributed by atoms with Gasteiger partial charge in [-0.3, -0.25) is 14.4 Å². The van der Waals surface area contributed by atoms with Crippen molar-refractivity contribution in [3.63, 3.8) is 0 Å². The molecular formula is C58H100O6. The minimum absolute atomic E-state index is 0.0859. The van der Waals surface area contributed by atoms with Crippen LogP contribution in [0.3, 0.4) is 0 Å². The molecule has 0 saturated heterocycles. The maximum Gasteiger partial charge on any atom is 0.306 e. The van der Waals surface area contributed by atoms with E-state index in [1.165, 1.54) is 122 Å². The van der Waals surface area contributed by atoms with Gasteiger partial charge < -0.3 is 14.2 Å². The van der Waals surface area contributed by atoms with Gasteiger partial charge in [-0.2, -0.15) is 0 Å². The third-order valence-corrected chi connectivity index (χ3v) is 11.4. The van der Waals surface area contributed by atoms with Gasteiger partial charge in [-0.05, 0) is 109 Å². The molecular weight excluding hydrogens is 793 g/mol. The molecule has 64 heavy (non-hydrogen) atoms. The van der Waals surface area contributed by atoms with Crippen molar-refractivity contribution < 1.29 is 28.6 Å². The third-order valence-electron chi connectivity index (χ3n) is 11.4. The van der Waals surface area contributed by atoms with E-state index in [0.29, 0.717) is 19.3 Å². The molecule has 0 fully saturated rings. The first-order chi connectivity index (χ1) is 31.5. The Balaban J connectivity index is 4.40. The van der Waals surface area contributed by atoms with E-state index >= 15 is 0 Å². The Bertz CT molecular complexity index is 1210. The Labute approximate surface area is 395 Å². The van der Waals surface area contributed by atoms with E-state index in [1.807, 2.05) is 0 Å². The Morgan fingerprint density at radius 1 is 0.328 bits per heavy atom. The van der Waals surface area contributed by atoms with E-state index in [1.54, 1.807) is 0 Å². The minimum atomic E-state index is -0.786. The summed E-state index contributed by atoms with van der Waals surface area (Å²) in [5.41, 5.74) is 0. The van der Waals surface area contributed by atoms with E-state index in [9.17, 15) is 14.4 Å². The van der Waals surface area contributed by atoms with Gasteiger partial charge in [-0.1, -0.05) is 203 Å². The largest absolute Gasteiger partial charge is 0.462 e. The molecule has 0 aliphatic rings. The van der Waals surface area contributed by atoms with Crippen molar-refractivity contribution in [2.24, 2.45) is 0 Å². The highest BCUT2D eigenvalue weighted by Crippen LogP contribution is 2.14. The first kappa shape index (κ1) is 60.9. The van der Waals surface area contributed by atoms with Crippen LogP contribution in [0.1, 0.15) is 258 Å². The molecule has 0 spiro atoms. The highest BCUT2D eigenvalue weighted by Gasteiger charge is 2.19. The number of carbonyl (C=O) groups is 3. The van der Waals surface area contributed by atoms with Crippen LogP contribution < -0.4 is 0 Å². The second-order valence-corrected chi connectivity index (χ2v) is 17.7. The average Bonchev–Trinajstić information content (AvgIpc) is 3.29. The number of ether oxygens (including phenoxy) is 3. The van der Waals surface area contributed by atoms with E-state index in [4.69, 9.17) is 14.2 Å². The quantitative estimate of drug-likeness (QED) is 0.0262. The summed E-state index contributed by atoms with van der Waals surface area (Å²) < 4.78 is 16.8. The van der Waals surface area contributed by atoms with Crippen molar-refractivity contribution in [2.45, 2.75) is 264 Å². The lowest BCUT2D eigenvalue weighted by Crippen LogP contribution is -2.30. The van der Waals surface area contributed by atoms with Crippen molar-refractivity contribution in [2.75, 3.05) is 13.2 Å². The molecule has 6 nitrogen and oxygen atoms in total. The monoisotopic (exact) mass is 893 g/mol. The molecule has 0 rings (SSSR count). The lowest BCUT2D eigenvalue weighted by atomic mass is 10.1. The molecule has 1 atom stereocenters. The van der Waals surface area contributed by atoms with Crippen molar-refractivity contribution in [1.82, 2.24) is 0 Å². The summed E-state index contributed by atoms with van der Waals surface area (Å²) in [7, 11) is 0. The predicted molar refractivity (Wildman–Crippen MR) is 274 cm³/mol. The van der Waals surface area contributed by atoms with Gasteiger partial charge in [0.15, 0.2) is 6.10 Å². The molecule has 0 N–H and O–H groups in total. The van der Waals surface area contributed by atoms with Crippen LogP contribution in [0.5, 0.6) is 0 Å². The first-order valence-corrected chi connectivity index (χ1v) is 26.9. The van der Waals surface area contributed by atoms with Crippen molar-refractivity contribution >= 4 is 17.9 Å². The second kappa shape index (κ2) is 52.5. The maximum atomic E-state index is 12.8. The van der Waals surface area contributed by atoms with Crippen LogP contribution >= 0.6 is 0 Å². The first-order valence-electron chi connectivity index (χ1n) is 26.9. The van der Waals surface area contributed by atoms with Gasteiger partial charge in [0.1, 0.15) is 13.2 Å². The van der Waals surface area contributed by atoms with Crippen LogP contribution in [0.4, 0.5) is 0 Å². The highest BCUT2D eigenvalue weighted by molar-refractivity contribution is 5.71. The van der Waals surface area contributed by atoms with Crippen LogP contribution in [0.25, 0.3) is 0 Å². The highest BCUT2D eigenvalue weighted by atomic mass is 16.6. The zero-order valence-corrected chi connectivity index (χ0v) is 42.0. The molecule has 0 aromatic rings. The molecule has 0 aliphatic heterocycles. The summed E-state index contributed by atoms with van der Waals surface area (Å²) in [6, 6.07) is 0. The van der Waals surface area contributed by atoms with E-state index in [-0.39, 0.29) is 31.1 Å². The SMILES string of the molecule is CC/C=C\C/C=C\C/C=C\C/C=C\CCCCCCCCC(=O)OCC(COC(=O)CCCCCCC/C=C\CCCCC)OC(=O)CCCCCCCCC/C=C\CCCCCC. The van der Waals surface area contributed by atoms with Crippen LogP contribution in [-0.2, 0) is 28.6 Å². The fraction of sp³-hybridized carbons (Fsp3) is 0.741. The van der Waals surface area contributed by atoms with E-state index < -0.39 is 6.10 Å². The van der Waals surface area contributed by atoms with Crippen LogP contribution in [-0.4, -0.2) is 37.2 Å². The van der Waals surface area contributed by atoms with Crippen LogP contribution in [0.15, 0.2) is 72.9 Å². The number of allylic oxidation sites excluding steroid dienone is 12. The minimum Gasteiger partial charge on any atom is -0.462 e. The van der Waals surface area contributed by atoms with Crippen molar-refractivity contribution in [3.05, 3.63) is 72.9 Å². The van der Waals surface area contributed by atoms with Gasteiger partial charge in [0.05, 0.1) is 0 Å². The molecule has 368 valence electrons. The van der Waals surface area contributed by atoms with Crippen LogP contribution in [0.2, 0.25) is 0 Å². The predicted octanol–water partition coefficient (Wildman–Crippen LogP) is 17.8. The van der Waals surface area contributed by atoms with Gasteiger partial charge in [-0.15, -0.1) is 0 Å². The van der Waals surface area contributed by atoms with Gasteiger partial charge in [0, 0.05) is 19.3 Å². The number of hydrogen-bond donors (Lipinski definition) is 0. The van der Waals surface area contributed by atoms with Crippen molar-refractivity contribution in [3.8, 4) is 0 Å². The summed E-state index contributed by atoms with van der Waals surface area (Å²) in [6.07, 6.45) is 65.9. The zero-order chi connectivity index (χ0) is 46.5. The molecule has 0 aromatic heterocycles. The summed E-state index contributed by atoms with van der Waals surface area (Å²) in [5, 5.41) is 0. The van der Waals surface area contributed by atoms with Gasteiger partial charge in [0.25, 0.3) is 0 Å². The number of esters is 3. The van der Waals surface area contributed by atoms with E-state index in [0.717, 1.165) is 96.3 Å². The summed E-state index contributed by atoms with van der Waals surface area (Å²) in [6.45, 7) is 6.47. The zero-order valence-electron chi connectivity index (χ0n) is 42.0. The third kappa shape index (κ3) is 49.9. The fourth-order valence-corrected chi connectivity index (χ4v) is 7.36. The normalized spacial score (nSPS) is 12.6. The topological polar surface area (TPSA) is 78.9 Å². The summed E-state index contributed by atoms with van der Waals surface area (Å²) in [5.74, 6) is -0.909. The number of rotatable bonds is 48. The molecule has 0 aromatic carbocycles. The Kier molecular flexibility index (Phi) is 49.9. The molecule has 0 amide bonds. The molecule has 0 bridgehead atoms. The molecule has 0 aliphatic carbocycles. The Morgan fingerprint density at radius 3 is 1.00 bits per heavy atom. The number of carbonyl (C=O) groups excluding carboxylic acids is 3. The lowest BCUT2D eigenvalue weighted by Gasteiger charge is -2.18. The van der Waals surface area contributed by atoms with Crippen LogP contribution in [0, 0.1) is 0 Å². The Hall–Kier alpha value is -3.15. The average molecular weight is 893 g/mol. The van der Waals surface area contributed by atoms with Crippen molar-refractivity contribution in [1.29, 1.82) is 0 Å². The summed E-state index contributed by atoms with van der Waals surface area (Å²) in [4.78, 5) is 38.0.